The molecule has 0 aliphatic carbocycles. The largest absolute Gasteiger partial charge is 0.872 e. The molecule has 0 saturated carbocycles. The Morgan fingerprint density at radius 3 is 2.40 bits per heavy atom. The van der Waals surface area contributed by atoms with Crippen LogP contribution in [-0.2, 0) is 27.4 Å². The number of likely N-dealkylation sites (tertiary alicyclic amines) is 1. The normalized spacial score (nSPS) is 19.2. The first kappa shape index (κ1) is 27.6. The van der Waals surface area contributed by atoms with E-state index in [1.165, 1.54) is 4.90 Å². The number of hydrogen-bond acceptors (Lipinski definition) is 5. The number of morpholine rings is 1. The number of rotatable bonds is 9. The Morgan fingerprint density at radius 2 is 1.73 bits per heavy atom. The summed E-state index contributed by atoms with van der Waals surface area (Å²) >= 11 is 0. The van der Waals surface area contributed by atoms with Gasteiger partial charge in [0.05, 0.1) is 32.3 Å². The molecular weight excluding hydrogens is 504 g/mol. The van der Waals surface area contributed by atoms with E-state index in [4.69, 9.17) is 9.47 Å². The van der Waals surface area contributed by atoms with Crippen LogP contribution in [0.1, 0.15) is 40.8 Å². The van der Waals surface area contributed by atoms with Crippen molar-refractivity contribution < 1.29 is 29.1 Å². The van der Waals surface area contributed by atoms with Crippen LogP contribution in [0.5, 0.6) is 5.75 Å². The lowest BCUT2D eigenvalue weighted by atomic mass is 9.93. The summed E-state index contributed by atoms with van der Waals surface area (Å²) < 4.78 is 11.4. The average Bonchev–Trinajstić information content (AvgIpc) is 3.25. The van der Waals surface area contributed by atoms with Crippen molar-refractivity contribution >= 4 is 17.4 Å². The SMILES string of the molecule is CCc1ccc(C2C(=C([O-])c3ccc(OCc4ccccc4)cc3C)C(=O)C(=O)N2CC[NH+]2CCOCC2)cc1. The molecule has 0 spiro atoms. The van der Waals surface area contributed by atoms with Gasteiger partial charge in [-0.05, 0) is 53.3 Å². The minimum Gasteiger partial charge on any atom is -0.872 e. The van der Waals surface area contributed by atoms with E-state index in [2.05, 4.69) is 6.92 Å². The zero-order chi connectivity index (χ0) is 28.1. The lowest BCUT2D eigenvalue weighted by Gasteiger charge is -2.30. The first-order valence-electron chi connectivity index (χ1n) is 14.0. The third kappa shape index (κ3) is 5.96. The number of carbonyl (C=O) groups excluding carboxylic acids is 2. The highest BCUT2D eigenvalue weighted by molar-refractivity contribution is 6.46. The van der Waals surface area contributed by atoms with Crippen LogP contribution in [0, 0.1) is 6.92 Å². The van der Waals surface area contributed by atoms with Gasteiger partial charge in [0.2, 0.25) is 5.78 Å². The zero-order valence-corrected chi connectivity index (χ0v) is 23.2. The fraction of sp³-hybridized carbons (Fsp3) is 0.333. The minimum absolute atomic E-state index is 0.0206. The molecule has 3 aromatic rings. The number of Topliss-reactive ketones (excluding diaryl/α,β-unsaturated/α-hetero) is 1. The number of hydrogen-bond donors (Lipinski definition) is 1. The van der Waals surface area contributed by atoms with Gasteiger partial charge in [-0.1, -0.05) is 73.3 Å². The number of aryl methyl sites for hydroxylation is 2. The highest BCUT2D eigenvalue weighted by atomic mass is 16.5. The molecule has 1 N–H and O–H groups in total. The third-order valence-corrected chi connectivity index (χ3v) is 7.83. The molecule has 0 radical (unpaired) electrons. The molecule has 7 heteroatoms. The molecule has 1 atom stereocenters. The van der Waals surface area contributed by atoms with Crippen molar-refractivity contribution in [2.45, 2.75) is 32.9 Å². The standard InChI is InChI=1S/C33H36N2O5/c1-3-24-9-11-26(12-10-24)30-29(32(37)33(38)35(30)16-15-34-17-19-39-20-18-34)31(36)28-14-13-27(21-23(28)2)40-22-25-7-5-4-6-8-25/h4-14,21,30,36H,3,15-20,22H2,1-2H3. The summed E-state index contributed by atoms with van der Waals surface area (Å²) in [5.41, 5.74) is 4.09. The van der Waals surface area contributed by atoms with Gasteiger partial charge in [-0.2, -0.15) is 0 Å². The van der Waals surface area contributed by atoms with Crippen LogP contribution >= 0.6 is 0 Å². The number of nitrogens with one attached hydrogen (secondary N) is 1. The number of carbonyl (C=O) groups is 2. The Kier molecular flexibility index (Phi) is 8.63. The van der Waals surface area contributed by atoms with Crippen molar-refractivity contribution in [2.75, 3.05) is 39.4 Å². The molecule has 2 aliphatic heterocycles. The van der Waals surface area contributed by atoms with Crippen LogP contribution in [0.2, 0.25) is 0 Å². The van der Waals surface area contributed by atoms with E-state index in [0.717, 1.165) is 36.2 Å². The van der Waals surface area contributed by atoms with Crippen LogP contribution in [-0.4, -0.2) is 56.0 Å². The van der Waals surface area contributed by atoms with Gasteiger partial charge in [-0.25, -0.2) is 0 Å². The van der Waals surface area contributed by atoms with E-state index < -0.39 is 23.5 Å². The molecule has 2 saturated heterocycles. The zero-order valence-electron chi connectivity index (χ0n) is 23.2. The second kappa shape index (κ2) is 12.5. The van der Waals surface area contributed by atoms with E-state index in [1.54, 1.807) is 17.0 Å². The van der Waals surface area contributed by atoms with Crippen LogP contribution in [0.3, 0.4) is 0 Å². The van der Waals surface area contributed by atoms with Gasteiger partial charge in [0.25, 0.3) is 5.91 Å². The lowest BCUT2D eigenvalue weighted by Crippen LogP contribution is -3.14. The molecule has 7 nitrogen and oxygen atoms in total. The number of benzene rings is 3. The van der Waals surface area contributed by atoms with Crippen molar-refractivity contribution in [1.82, 2.24) is 4.90 Å². The molecule has 3 aromatic carbocycles. The van der Waals surface area contributed by atoms with Crippen molar-refractivity contribution in [3.05, 3.63) is 106 Å². The first-order chi connectivity index (χ1) is 19.5. The summed E-state index contributed by atoms with van der Waals surface area (Å²) in [5.74, 6) is -1.09. The molecule has 2 heterocycles. The van der Waals surface area contributed by atoms with Crippen LogP contribution in [0.25, 0.3) is 5.76 Å². The summed E-state index contributed by atoms with van der Waals surface area (Å²) in [6.45, 7) is 8.49. The summed E-state index contributed by atoms with van der Waals surface area (Å²) in [4.78, 5) is 29.7. The van der Waals surface area contributed by atoms with E-state index in [0.29, 0.717) is 49.8 Å². The van der Waals surface area contributed by atoms with E-state index in [-0.39, 0.29) is 5.57 Å². The van der Waals surface area contributed by atoms with Crippen molar-refractivity contribution in [1.29, 1.82) is 0 Å². The van der Waals surface area contributed by atoms with Crippen LogP contribution < -0.4 is 14.7 Å². The Labute approximate surface area is 235 Å². The molecule has 40 heavy (non-hydrogen) atoms. The van der Waals surface area contributed by atoms with Gasteiger partial charge in [-0.15, -0.1) is 0 Å². The van der Waals surface area contributed by atoms with Gasteiger partial charge < -0.3 is 24.4 Å². The molecule has 2 fully saturated rings. The molecule has 1 unspecified atom stereocenters. The highest BCUT2D eigenvalue weighted by Gasteiger charge is 2.44. The van der Waals surface area contributed by atoms with E-state index >= 15 is 0 Å². The maximum atomic E-state index is 14.0. The quantitative estimate of drug-likeness (QED) is 0.256. The topological polar surface area (TPSA) is 83.3 Å². The molecule has 2 aliphatic rings. The molecule has 0 bridgehead atoms. The van der Waals surface area contributed by atoms with Crippen molar-refractivity contribution in [2.24, 2.45) is 0 Å². The average molecular weight is 541 g/mol. The molecule has 5 rings (SSSR count). The monoisotopic (exact) mass is 540 g/mol. The predicted octanol–water partition coefficient (Wildman–Crippen LogP) is 2.28. The minimum atomic E-state index is -0.716. The number of ketones is 1. The van der Waals surface area contributed by atoms with Crippen molar-refractivity contribution in [3.63, 3.8) is 0 Å². The van der Waals surface area contributed by atoms with Gasteiger partial charge in [0, 0.05) is 5.57 Å². The van der Waals surface area contributed by atoms with Gasteiger partial charge in [-0.3, -0.25) is 9.59 Å². The van der Waals surface area contributed by atoms with E-state index in [9.17, 15) is 14.7 Å². The second-order valence-corrected chi connectivity index (χ2v) is 10.4. The highest BCUT2D eigenvalue weighted by Crippen LogP contribution is 2.39. The van der Waals surface area contributed by atoms with E-state index in [1.807, 2.05) is 67.6 Å². The maximum absolute atomic E-state index is 14.0. The first-order valence-corrected chi connectivity index (χ1v) is 14.0. The van der Waals surface area contributed by atoms with Crippen molar-refractivity contribution in [3.8, 4) is 5.75 Å². The van der Waals surface area contributed by atoms with Gasteiger partial charge in [0.15, 0.2) is 0 Å². The van der Waals surface area contributed by atoms with Gasteiger partial charge in [0.1, 0.15) is 25.4 Å². The summed E-state index contributed by atoms with van der Waals surface area (Å²) in [7, 11) is 0. The lowest BCUT2D eigenvalue weighted by molar-refractivity contribution is -0.907. The Balaban J connectivity index is 1.46. The fourth-order valence-electron chi connectivity index (χ4n) is 5.44. The predicted molar refractivity (Wildman–Crippen MR) is 151 cm³/mol. The number of amides is 1. The fourth-order valence-corrected chi connectivity index (χ4v) is 5.44. The Hall–Kier alpha value is -3.94. The summed E-state index contributed by atoms with van der Waals surface area (Å²) in [6.07, 6.45) is 0.875. The number of ether oxygens (including phenoxy) is 2. The molecule has 1 amide bonds. The molecule has 0 aromatic heterocycles. The molecule has 208 valence electrons. The van der Waals surface area contributed by atoms with Crippen LogP contribution in [0.15, 0.2) is 78.4 Å². The third-order valence-electron chi connectivity index (χ3n) is 7.83. The van der Waals surface area contributed by atoms with Gasteiger partial charge >= 0.3 is 0 Å². The number of quaternary nitrogens is 1. The van der Waals surface area contributed by atoms with Crippen LogP contribution in [0.4, 0.5) is 0 Å². The smallest absolute Gasteiger partial charge is 0.295 e. The summed E-state index contributed by atoms with van der Waals surface area (Å²) in [6, 6.07) is 22.3. The Morgan fingerprint density at radius 1 is 1.00 bits per heavy atom. The molecular formula is C33H36N2O5. The number of nitrogens with zero attached hydrogens (tertiary/aromatic N) is 1. The second-order valence-electron chi connectivity index (χ2n) is 10.4. The maximum Gasteiger partial charge on any atom is 0.295 e. The Bertz CT molecular complexity index is 1380. The summed E-state index contributed by atoms with van der Waals surface area (Å²) in [5, 5.41) is 14.0.